The molecule has 2 fully saturated rings. The summed E-state index contributed by atoms with van der Waals surface area (Å²) in [5.41, 5.74) is 1.48. The Labute approximate surface area is 74.1 Å². The quantitative estimate of drug-likeness (QED) is 0.537. The SMILES string of the molecule is CC1(C)CCC2(CC1)CSC2. The summed E-state index contributed by atoms with van der Waals surface area (Å²) >= 11 is 2.14. The van der Waals surface area contributed by atoms with Crippen LogP contribution in [0.15, 0.2) is 0 Å². The average Bonchev–Trinajstić information content (AvgIpc) is 1.84. The third-order valence-corrected chi connectivity index (χ3v) is 5.11. The van der Waals surface area contributed by atoms with Crippen molar-refractivity contribution >= 4 is 11.8 Å². The van der Waals surface area contributed by atoms with Crippen LogP contribution in [-0.2, 0) is 0 Å². The Balaban J connectivity index is 1.94. The molecule has 1 saturated heterocycles. The van der Waals surface area contributed by atoms with E-state index in [1.54, 1.807) is 0 Å². The van der Waals surface area contributed by atoms with Crippen molar-refractivity contribution in [3.63, 3.8) is 0 Å². The monoisotopic (exact) mass is 170 g/mol. The van der Waals surface area contributed by atoms with Crippen LogP contribution < -0.4 is 0 Å². The predicted octanol–water partition coefficient (Wildman–Crippen LogP) is 3.32. The van der Waals surface area contributed by atoms with Crippen LogP contribution in [0.5, 0.6) is 0 Å². The molecule has 11 heavy (non-hydrogen) atoms. The second-order valence-electron chi connectivity index (χ2n) is 5.16. The smallest absolute Gasteiger partial charge is 0.000268 e. The van der Waals surface area contributed by atoms with E-state index in [9.17, 15) is 0 Å². The fourth-order valence-electron chi connectivity index (χ4n) is 2.14. The molecule has 2 aliphatic rings. The molecule has 2 rings (SSSR count). The van der Waals surface area contributed by atoms with Crippen molar-refractivity contribution in [3.8, 4) is 0 Å². The van der Waals surface area contributed by atoms with Gasteiger partial charge in [-0.2, -0.15) is 11.8 Å². The first-order valence-corrected chi connectivity index (χ1v) is 5.85. The van der Waals surface area contributed by atoms with E-state index < -0.39 is 0 Å². The van der Waals surface area contributed by atoms with Gasteiger partial charge in [0.2, 0.25) is 0 Å². The van der Waals surface area contributed by atoms with Crippen molar-refractivity contribution < 1.29 is 0 Å². The molecule has 1 spiro atoms. The summed E-state index contributed by atoms with van der Waals surface area (Å²) in [6.45, 7) is 4.84. The van der Waals surface area contributed by atoms with Gasteiger partial charge in [-0.05, 0) is 48.0 Å². The van der Waals surface area contributed by atoms with Crippen LogP contribution in [0.4, 0.5) is 0 Å². The van der Waals surface area contributed by atoms with Gasteiger partial charge in [-0.25, -0.2) is 0 Å². The normalized spacial score (nSPS) is 33.3. The van der Waals surface area contributed by atoms with Crippen molar-refractivity contribution in [2.24, 2.45) is 10.8 Å². The van der Waals surface area contributed by atoms with Crippen molar-refractivity contribution in [3.05, 3.63) is 0 Å². The van der Waals surface area contributed by atoms with Crippen molar-refractivity contribution in [2.75, 3.05) is 11.5 Å². The zero-order chi connectivity index (χ0) is 7.95. The van der Waals surface area contributed by atoms with Gasteiger partial charge in [-0.15, -0.1) is 0 Å². The summed E-state index contributed by atoms with van der Waals surface area (Å²) in [6.07, 6.45) is 5.95. The summed E-state index contributed by atoms with van der Waals surface area (Å²) in [7, 11) is 0. The Kier molecular flexibility index (Phi) is 1.75. The van der Waals surface area contributed by atoms with E-state index >= 15 is 0 Å². The Morgan fingerprint density at radius 1 is 0.909 bits per heavy atom. The first kappa shape index (κ1) is 7.97. The van der Waals surface area contributed by atoms with Gasteiger partial charge in [-0.1, -0.05) is 13.8 Å². The summed E-state index contributed by atoms with van der Waals surface area (Å²) in [5, 5.41) is 0. The lowest BCUT2D eigenvalue weighted by Crippen LogP contribution is -2.41. The first-order chi connectivity index (χ1) is 5.12. The Hall–Kier alpha value is 0.350. The van der Waals surface area contributed by atoms with Crippen molar-refractivity contribution in [2.45, 2.75) is 39.5 Å². The number of thioether (sulfide) groups is 1. The third-order valence-electron chi connectivity index (χ3n) is 3.48. The van der Waals surface area contributed by atoms with Gasteiger partial charge >= 0.3 is 0 Å². The Morgan fingerprint density at radius 2 is 1.45 bits per heavy atom. The molecule has 1 aliphatic carbocycles. The highest BCUT2D eigenvalue weighted by molar-refractivity contribution is 8.00. The number of hydrogen-bond acceptors (Lipinski definition) is 1. The maximum absolute atomic E-state index is 2.42. The number of rotatable bonds is 0. The van der Waals surface area contributed by atoms with Gasteiger partial charge in [0.05, 0.1) is 0 Å². The average molecular weight is 170 g/mol. The third kappa shape index (κ3) is 1.44. The van der Waals surface area contributed by atoms with Crippen molar-refractivity contribution in [1.29, 1.82) is 0 Å². The van der Waals surface area contributed by atoms with E-state index in [2.05, 4.69) is 25.6 Å². The standard InChI is InChI=1S/C10H18S/c1-9(2)3-5-10(6-4-9)7-11-8-10/h3-8H2,1-2H3. The summed E-state index contributed by atoms with van der Waals surface area (Å²) in [5.74, 6) is 2.92. The largest absolute Gasteiger partial charge is 0.161 e. The van der Waals surface area contributed by atoms with Crippen LogP contribution in [0.2, 0.25) is 0 Å². The molecule has 0 atom stereocenters. The second-order valence-corrected chi connectivity index (χ2v) is 6.14. The molecule has 0 aromatic rings. The van der Waals surface area contributed by atoms with Crippen molar-refractivity contribution in [1.82, 2.24) is 0 Å². The highest BCUT2D eigenvalue weighted by Gasteiger charge is 2.42. The van der Waals surface area contributed by atoms with Crippen LogP contribution in [0.1, 0.15) is 39.5 Å². The highest BCUT2D eigenvalue weighted by atomic mass is 32.2. The molecule has 64 valence electrons. The van der Waals surface area contributed by atoms with Gasteiger partial charge in [0.15, 0.2) is 0 Å². The van der Waals surface area contributed by atoms with Gasteiger partial charge in [0.25, 0.3) is 0 Å². The minimum absolute atomic E-state index is 0.658. The molecule has 0 aromatic heterocycles. The molecular weight excluding hydrogens is 152 g/mol. The maximum atomic E-state index is 2.42. The van der Waals surface area contributed by atoms with Gasteiger partial charge in [0.1, 0.15) is 0 Å². The van der Waals surface area contributed by atoms with E-state index in [1.165, 1.54) is 37.2 Å². The van der Waals surface area contributed by atoms with Crippen LogP contribution in [-0.4, -0.2) is 11.5 Å². The number of hydrogen-bond donors (Lipinski definition) is 0. The topological polar surface area (TPSA) is 0 Å². The highest BCUT2D eigenvalue weighted by Crippen LogP contribution is 2.53. The second kappa shape index (κ2) is 2.42. The Bertz CT molecular complexity index is 144. The molecular formula is C10H18S. The van der Waals surface area contributed by atoms with Crippen LogP contribution >= 0.6 is 11.8 Å². The lowest BCUT2D eigenvalue weighted by atomic mass is 9.66. The molecule has 1 saturated carbocycles. The molecule has 0 N–H and O–H groups in total. The van der Waals surface area contributed by atoms with Crippen LogP contribution in [0, 0.1) is 10.8 Å². The van der Waals surface area contributed by atoms with Crippen LogP contribution in [0.3, 0.4) is 0 Å². The summed E-state index contributed by atoms with van der Waals surface area (Å²) in [4.78, 5) is 0. The minimum atomic E-state index is 0.658. The van der Waals surface area contributed by atoms with E-state index in [1.807, 2.05) is 0 Å². The van der Waals surface area contributed by atoms with E-state index in [4.69, 9.17) is 0 Å². The minimum Gasteiger partial charge on any atom is -0.161 e. The summed E-state index contributed by atoms with van der Waals surface area (Å²) < 4.78 is 0. The molecule has 0 amide bonds. The molecule has 0 aromatic carbocycles. The van der Waals surface area contributed by atoms with E-state index in [0.29, 0.717) is 5.41 Å². The molecule has 1 aliphatic heterocycles. The molecule has 0 nitrogen and oxygen atoms in total. The molecule has 0 bridgehead atoms. The van der Waals surface area contributed by atoms with Gasteiger partial charge in [-0.3, -0.25) is 0 Å². The Morgan fingerprint density at radius 3 is 1.82 bits per heavy atom. The maximum Gasteiger partial charge on any atom is -0.000268 e. The fraction of sp³-hybridized carbons (Fsp3) is 1.00. The van der Waals surface area contributed by atoms with Crippen LogP contribution in [0.25, 0.3) is 0 Å². The lowest BCUT2D eigenvalue weighted by molar-refractivity contribution is 0.131. The van der Waals surface area contributed by atoms with E-state index in [0.717, 1.165) is 5.41 Å². The summed E-state index contributed by atoms with van der Waals surface area (Å²) in [6, 6.07) is 0. The zero-order valence-corrected chi connectivity index (χ0v) is 8.47. The van der Waals surface area contributed by atoms with E-state index in [-0.39, 0.29) is 0 Å². The molecule has 1 heterocycles. The zero-order valence-electron chi connectivity index (χ0n) is 7.65. The van der Waals surface area contributed by atoms with Gasteiger partial charge in [0, 0.05) is 0 Å². The molecule has 0 radical (unpaired) electrons. The molecule has 1 heteroatoms. The fourth-order valence-corrected chi connectivity index (χ4v) is 3.50. The first-order valence-electron chi connectivity index (χ1n) is 4.70. The molecule has 0 unspecified atom stereocenters. The predicted molar refractivity (Wildman–Crippen MR) is 52.0 cm³/mol. The lowest BCUT2D eigenvalue weighted by Gasteiger charge is -2.48. The van der Waals surface area contributed by atoms with Gasteiger partial charge < -0.3 is 0 Å².